The van der Waals surface area contributed by atoms with Crippen LogP contribution in [0.1, 0.15) is 17.5 Å². The first-order valence-electron chi connectivity index (χ1n) is 4.95. The average molecular weight is 303 g/mol. The fraction of sp³-hybridized carbons (Fsp3) is 0.455. The number of rotatable bonds is 5. The second-order valence-corrected chi connectivity index (χ2v) is 5.19. The van der Waals surface area contributed by atoms with Crippen LogP contribution in [0.2, 0.25) is 0 Å². The van der Waals surface area contributed by atoms with Gasteiger partial charge >= 0.3 is 5.51 Å². The van der Waals surface area contributed by atoms with Gasteiger partial charge in [0.15, 0.2) is 0 Å². The van der Waals surface area contributed by atoms with Crippen LogP contribution in [0.15, 0.2) is 23.1 Å². The highest BCUT2D eigenvalue weighted by atomic mass is 35.5. The van der Waals surface area contributed by atoms with Crippen molar-refractivity contribution in [3.63, 3.8) is 0 Å². The summed E-state index contributed by atoms with van der Waals surface area (Å²) in [5, 5.41) is 0. The second-order valence-electron chi connectivity index (χ2n) is 3.40. The Morgan fingerprint density at radius 1 is 1.12 bits per heavy atom. The molecule has 0 aromatic heterocycles. The van der Waals surface area contributed by atoms with Crippen molar-refractivity contribution >= 4 is 35.0 Å². The fourth-order valence-corrected chi connectivity index (χ4v) is 2.42. The molecular weight excluding hydrogens is 292 g/mol. The molecule has 0 heterocycles. The molecule has 0 unspecified atom stereocenters. The van der Waals surface area contributed by atoms with Crippen LogP contribution >= 0.6 is 35.0 Å². The molecule has 0 atom stereocenters. The third kappa shape index (κ3) is 5.40. The first kappa shape index (κ1) is 15.0. The molecule has 0 bridgehead atoms. The highest BCUT2D eigenvalue weighted by Crippen LogP contribution is 2.37. The molecule has 6 heteroatoms. The SMILES string of the molecule is FC(F)(F)Sc1ccc(CCl)c(CCCCl)c1. The van der Waals surface area contributed by atoms with Crippen molar-refractivity contribution in [1.29, 1.82) is 0 Å². The Morgan fingerprint density at radius 2 is 1.82 bits per heavy atom. The van der Waals surface area contributed by atoms with Gasteiger partial charge in [-0.05, 0) is 47.9 Å². The molecule has 1 rings (SSSR count). The van der Waals surface area contributed by atoms with Gasteiger partial charge in [0.05, 0.1) is 0 Å². The van der Waals surface area contributed by atoms with Crippen LogP contribution in [0.25, 0.3) is 0 Å². The van der Waals surface area contributed by atoms with Crippen LogP contribution in [0, 0.1) is 0 Å². The Kier molecular flexibility index (Phi) is 5.97. The topological polar surface area (TPSA) is 0 Å². The first-order chi connectivity index (χ1) is 7.96. The van der Waals surface area contributed by atoms with Crippen molar-refractivity contribution in [2.45, 2.75) is 29.1 Å². The molecule has 17 heavy (non-hydrogen) atoms. The Morgan fingerprint density at radius 3 is 2.35 bits per heavy atom. The molecule has 0 saturated heterocycles. The van der Waals surface area contributed by atoms with E-state index in [0.717, 1.165) is 17.5 Å². The van der Waals surface area contributed by atoms with Gasteiger partial charge in [-0.2, -0.15) is 13.2 Å². The monoisotopic (exact) mass is 302 g/mol. The van der Waals surface area contributed by atoms with Gasteiger partial charge in [0.25, 0.3) is 0 Å². The maximum Gasteiger partial charge on any atom is 0.446 e. The molecule has 0 spiro atoms. The number of halogens is 5. The van der Waals surface area contributed by atoms with E-state index < -0.39 is 5.51 Å². The van der Waals surface area contributed by atoms with E-state index in [0.29, 0.717) is 18.2 Å². The fourth-order valence-electron chi connectivity index (χ4n) is 1.42. The minimum atomic E-state index is -4.26. The molecular formula is C11H11Cl2F3S. The Balaban J connectivity index is 2.88. The van der Waals surface area contributed by atoms with Crippen molar-refractivity contribution in [3.05, 3.63) is 29.3 Å². The molecule has 0 aliphatic heterocycles. The zero-order valence-electron chi connectivity index (χ0n) is 8.86. The number of hydrogen-bond acceptors (Lipinski definition) is 1. The summed E-state index contributed by atoms with van der Waals surface area (Å²) in [6, 6.07) is 4.63. The standard InChI is InChI=1S/C11H11Cl2F3S/c12-5-1-2-8-6-10(17-11(14,15)16)4-3-9(8)7-13/h3-4,6H,1-2,5,7H2. The van der Waals surface area contributed by atoms with Gasteiger partial charge in [-0.1, -0.05) is 6.07 Å². The van der Waals surface area contributed by atoms with E-state index >= 15 is 0 Å². The predicted octanol–water partition coefficient (Wildman–Crippen LogP) is 5.21. The zero-order chi connectivity index (χ0) is 12.9. The maximum atomic E-state index is 12.2. The van der Waals surface area contributed by atoms with E-state index in [1.54, 1.807) is 12.1 Å². The minimum absolute atomic E-state index is 0.109. The van der Waals surface area contributed by atoms with Gasteiger partial charge < -0.3 is 0 Å². The minimum Gasteiger partial charge on any atom is -0.160 e. The highest BCUT2D eigenvalue weighted by Gasteiger charge is 2.29. The van der Waals surface area contributed by atoms with E-state index in [1.165, 1.54) is 6.07 Å². The molecule has 0 saturated carbocycles. The number of thioether (sulfide) groups is 1. The third-order valence-electron chi connectivity index (χ3n) is 2.14. The quantitative estimate of drug-likeness (QED) is 0.531. The van der Waals surface area contributed by atoms with E-state index in [9.17, 15) is 13.2 Å². The smallest absolute Gasteiger partial charge is 0.160 e. The summed E-state index contributed by atoms with van der Waals surface area (Å²) in [6.45, 7) is 0. The third-order valence-corrected chi connectivity index (χ3v) is 3.41. The number of benzene rings is 1. The van der Waals surface area contributed by atoms with E-state index in [4.69, 9.17) is 23.2 Å². The Bertz CT molecular complexity index is 366. The van der Waals surface area contributed by atoms with Gasteiger partial charge in [-0.25, -0.2) is 0 Å². The summed E-state index contributed by atoms with van der Waals surface area (Å²) >= 11 is 11.2. The number of aryl methyl sites for hydroxylation is 1. The zero-order valence-corrected chi connectivity index (χ0v) is 11.2. The maximum absolute atomic E-state index is 12.2. The molecule has 1 aromatic rings. The van der Waals surface area contributed by atoms with Crippen molar-refractivity contribution < 1.29 is 13.2 Å². The number of alkyl halides is 5. The normalized spacial score (nSPS) is 11.8. The van der Waals surface area contributed by atoms with Crippen LogP contribution in [-0.2, 0) is 12.3 Å². The molecule has 0 nitrogen and oxygen atoms in total. The first-order valence-corrected chi connectivity index (χ1v) is 6.84. The Labute approximate surface area is 112 Å². The van der Waals surface area contributed by atoms with E-state index in [1.807, 2.05) is 0 Å². The van der Waals surface area contributed by atoms with Crippen molar-refractivity contribution in [3.8, 4) is 0 Å². The summed E-state index contributed by atoms with van der Waals surface area (Å²) in [5.74, 6) is 0.785. The van der Waals surface area contributed by atoms with Crippen LogP contribution in [-0.4, -0.2) is 11.4 Å². The summed E-state index contributed by atoms with van der Waals surface area (Å²) in [7, 11) is 0. The van der Waals surface area contributed by atoms with Gasteiger partial charge in [-0.15, -0.1) is 23.2 Å². The lowest BCUT2D eigenvalue weighted by Gasteiger charge is -2.10. The van der Waals surface area contributed by atoms with Crippen molar-refractivity contribution in [2.24, 2.45) is 0 Å². The summed E-state index contributed by atoms with van der Waals surface area (Å²) in [6.07, 6.45) is 1.38. The molecule has 0 amide bonds. The molecule has 0 aliphatic rings. The molecule has 0 aliphatic carbocycles. The van der Waals surface area contributed by atoms with Crippen LogP contribution in [0.4, 0.5) is 13.2 Å². The largest absolute Gasteiger partial charge is 0.446 e. The van der Waals surface area contributed by atoms with Gasteiger partial charge in [-0.3, -0.25) is 0 Å². The predicted molar refractivity (Wildman–Crippen MR) is 67.0 cm³/mol. The van der Waals surface area contributed by atoms with Crippen LogP contribution < -0.4 is 0 Å². The van der Waals surface area contributed by atoms with Crippen molar-refractivity contribution in [2.75, 3.05) is 5.88 Å². The van der Waals surface area contributed by atoms with Crippen molar-refractivity contribution in [1.82, 2.24) is 0 Å². The van der Waals surface area contributed by atoms with Gasteiger partial charge in [0.2, 0.25) is 0 Å². The van der Waals surface area contributed by atoms with Crippen LogP contribution in [0.3, 0.4) is 0 Å². The molecule has 0 fully saturated rings. The van der Waals surface area contributed by atoms with Gasteiger partial charge in [0, 0.05) is 16.7 Å². The highest BCUT2D eigenvalue weighted by molar-refractivity contribution is 8.00. The number of hydrogen-bond donors (Lipinski definition) is 0. The summed E-state index contributed by atoms with van der Waals surface area (Å²) < 4.78 is 36.7. The second kappa shape index (κ2) is 6.76. The lowest BCUT2D eigenvalue weighted by molar-refractivity contribution is -0.0328. The molecule has 1 aromatic carbocycles. The summed E-state index contributed by atoms with van der Waals surface area (Å²) in [5.41, 5.74) is -2.55. The van der Waals surface area contributed by atoms with Crippen LogP contribution in [0.5, 0.6) is 0 Å². The molecule has 0 N–H and O–H groups in total. The Hall–Kier alpha value is -0.0600. The molecule has 96 valence electrons. The average Bonchev–Trinajstić information content (AvgIpc) is 2.24. The summed E-state index contributed by atoms with van der Waals surface area (Å²) in [4.78, 5) is 0.191. The molecule has 0 radical (unpaired) electrons. The van der Waals surface area contributed by atoms with E-state index in [2.05, 4.69) is 0 Å². The van der Waals surface area contributed by atoms with E-state index in [-0.39, 0.29) is 16.7 Å². The lowest BCUT2D eigenvalue weighted by Crippen LogP contribution is -2.00. The van der Waals surface area contributed by atoms with Gasteiger partial charge in [0.1, 0.15) is 0 Å². The lowest BCUT2D eigenvalue weighted by atomic mass is 10.0.